The normalized spacial score (nSPS) is 11.6. The van der Waals surface area contributed by atoms with Gasteiger partial charge in [-0.1, -0.05) is 30.3 Å². The van der Waals surface area contributed by atoms with Crippen LogP contribution in [0.25, 0.3) is 0 Å². The molecule has 25 heavy (non-hydrogen) atoms. The smallest absolute Gasteiger partial charge is 0.375 e. The van der Waals surface area contributed by atoms with Crippen molar-refractivity contribution in [2.45, 2.75) is 6.10 Å². The Bertz CT molecular complexity index is 836. The number of ether oxygens (including phenoxy) is 2. The summed E-state index contributed by atoms with van der Waals surface area (Å²) in [5.74, 6) is -0.335. The van der Waals surface area contributed by atoms with Gasteiger partial charge in [0.15, 0.2) is 6.10 Å². The number of methoxy groups -OCH3 is 1. The topological polar surface area (TPSA) is 65.7 Å². The Kier molecular flexibility index (Phi) is 4.95. The number of hydrogen-bond donors (Lipinski definition) is 0. The molecule has 0 bridgehead atoms. The first-order chi connectivity index (χ1) is 12.2. The number of carbonyl (C=O) groups is 2. The van der Waals surface area contributed by atoms with Crippen LogP contribution in [0.1, 0.15) is 32.6 Å². The summed E-state index contributed by atoms with van der Waals surface area (Å²) >= 11 is 0. The summed E-state index contributed by atoms with van der Waals surface area (Å²) in [5.41, 5.74) is 1.00. The van der Waals surface area contributed by atoms with Crippen molar-refractivity contribution in [1.82, 2.24) is 0 Å². The van der Waals surface area contributed by atoms with Gasteiger partial charge in [-0.2, -0.15) is 0 Å². The maximum atomic E-state index is 12.9. The molecule has 1 atom stereocenters. The van der Waals surface area contributed by atoms with Gasteiger partial charge in [-0.3, -0.25) is 4.79 Å². The molecular formula is C20H16O5. The molecular weight excluding hydrogens is 320 g/mol. The molecule has 0 saturated heterocycles. The fourth-order valence-corrected chi connectivity index (χ4v) is 2.37. The van der Waals surface area contributed by atoms with Crippen LogP contribution in [-0.4, -0.2) is 18.9 Å². The van der Waals surface area contributed by atoms with E-state index in [1.54, 1.807) is 61.7 Å². The number of furan rings is 1. The molecule has 5 nitrogen and oxygen atoms in total. The predicted octanol–water partition coefficient (Wildman–Crippen LogP) is 4.07. The Labute approximate surface area is 144 Å². The van der Waals surface area contributed by atoms with Gasteiger partial charge in [-0.25, -0.2) is 4.79 Å². The van der Waals surface area contributed by atoms with E-state index in [-0.39, 0.29) is 11.5 Å². The zero-order chi connectivity index (χ0) is 17.6. The van der Waals surface area contributed by atoms with Crippen LogP contribution in [0.2, 0.25) is 0 Å². The summed E-state index contributed by atoms with van der Waals surface area (Å²) in [6, 6.07) is 18.6. The molecule has 0 aliphatic heterocycles. The number of rotatable bonds is 6. The second-order valence-electron chi connectivity index (χ2n) is 5.27. The fraction of sp³-hybridized carbons (Fsp3) is 0.100. The van der Waals surface area contributed by atoms with Crippen LogP contribution in [0.5, 0.6) is 5.75 Å². The zero-order valence-electron chi connectivity index (χ0n) is 13.5. The molecule has 1 aromatic heterocycles. The first-order valence-corrected chi connectivity index (χ1v) is 7.67. The second kappa shape index (κ2) is 7.49. The van der Waals surface area contributed by atoms with E-state index in [0.717, 1.165) is 0 Å². The lowest BCUT2D eigenvalue weighted by Crippen LogP contribution is -2.20. The summed E-state index contributed by atoms with van der Waals surface area (Å²) in [6.07, 6.45) is 0.312. The lowest BCUT2D eigenvalue weighted by molar-refractivity contribution is 0.0250. The largest absolute Gasteiger partial charge is 0.497 e. The van der Waals surface area contributed by atoms with E-state index in [9.17, 15) is 9.59 Å². The molecule has 0 amide bonds. The lowest BCUT2D eigenvalue weighted by atomic mass is 9.99. The highest BCUT2D eigenvalue weighted by molar-refractivity contribution is 6.01. The average Bonchev–Trinajstić information content (AvgIpc) is 3.21. The maximum Gasteiger partial charge on any atom is 0.375 e. The molecule has 0 aliphatic carbocycles. The van der Waals surface area contributed by atoms with Gasteiger partial charge in [0.1, 0.15) is 5.75 Å². The average molecular weight is 336 g/mol. The molecule has 2 aromatic carbocycles. The molecule has 3 aromatic rings. The van der Waals surface area contributed by atoms with Crippen molar-refractivity contribution in [2.75, 3.05) is 7.11 Å². The highest BCUT2D eigenvalue weighted by Gasteiger charge is 2.27. The quantitative estimate of drug-likeness (QED) is 0.501. The molecule has 1 heterocycles. The van der Waals surface area contributed by atoms with Gasteiger partial charge in [0.2, 0.25) is 11.5 Å². The summed E-state index contributed by atoms with van der Waals surface area (Å²) in [6.45, 7) is 0. The van der Waals surface area contributed by atoms with Crippen molar-refractivity contribution in [3.05, 3.63) is 89.9 Å². The Hall–Kier alpha value is -3.34. The maximum absolute atomic E-state index is 12.9. The van der Waals surface area contributed by atoms with Crippen molar-refractivity contribution >= 4 is 11.8 Å². The number of hydrogen-bond acceptors (Lipinski definition) is 5. The van der Waals surface area contributed by atoms with Crippen molar-refractivity contribution < 1.29 is 23.5 Å². The Morgan fingerprint density at radius 2 is 1.64 bits per heavy atom. The third-order valence-electron chi connectivity index (χ3n) is 3.66. The van der Waals surface area contributed by atoms with E-state index in [1.807, 2.05) is 6.07 Å². The van der Waals surface area contributed by atoms with Crippen LogP contribution in [0.4, 0.5) is 0 Å². The van der Waals surface area contributed by atoms with Gasteiger partial charge in [-0.05, 0) is 36.4 Å². The number of carbonyl (C=O) groups excluding carboxylic acids is 2. The van der Waals surface area contributed by atoms with E-state index in [1.165, 1.54) is 12.3 Å². The number of esters is 1. The highest BCUT2D eigenvalue weighted by atomic mass is 16.6. The lowest BCUT2D eigenvalue weighted by Gasteiger charge is -2.17. The molecule has 0 N–H and O–H groups in total. The Morgan fingerprint density at radius 1 is 0.920 bits per heavy atom. The molecule has 0 saturated carbocycles. The van der Waals surface area contributed by atoms with Gasteiger partial charge in [0.05, 0.1) is 13.4 Å². The Morgan fingerprint density at radius 3 is 2.24 bits per heavy atom. The van der Waals surface area contributed by atoms with Crippen LogP contribution in [0, 0.1) is 0 Å². The first kappa shape index (κ1) is 16.5. The standard InChI is InChI=1S/C20H16O5/c1-23-16-11-9-14(10-12-16)18(21)19(15-6-3-2-4-7-15)25-20(22)17-8-5-13-24-17/h2-13,19H,1H3/t19-/m0/s1. The first-order valence-electron chi connectivity index (χ1n) is 7.67. The van der Waals surface area contributed by atoms with Gasteiger partial charge < -0.3 is 13.9 Å². The van der Waals surface area contributed by atoms with Crippen LogP contribution in [0.15, 0.2) is 77.4 Å². The minimum Gasteiger partial charge on any atom is -0.497 e. The minimum absolute atomic E-state index is 0.0449. The van der Waals surface area contributed by atoms with E-state index in [2.05, 4.69) is 0 Å². The summed E-state index contributed by atoms with van der Waals surface area (Å²) in [7, 11) is 1.55. The summed E-state index contributed by atoms with van der Waals surface area (Å²) < 4.78 is 15.6. The third kappa shape index (κ3) is 3.77. The summed E-state index contributed by atoms with van der Waals surface area (Å²) in [4.78, 5) is 25.1. The monoisotopic (exact) mass is 336 g/mol. The van der Waals surface area contributed by atoms with E-state index in [0.29, 0.717) is 16.9 Å². The van der Waals surface area contributed by atoms with Gasteiger partial charge in [0.25, 0.3) is 0 Å². The Balaban J connectivity index is 1.90. The molecule has 0 radical (unpaired) electrons. The minimum atomic E-state index is -1.06. The molecule has 0 aliphatic rings. The SMILES string of the molecule is COc1ccc(C(=O)[C@@H](OC(=O)c2ccco2)c2ccccc2)cc1. The van der Waals surface area contributed by atoms with Crippen LogP contribution in [0.3, 0.4) is 0 Å². The van der Waals surface area contributed by atoms with E-state index >= 15 is 0 Å². The molecule has 0 spiro atoms. The van der Waals surface area contributed by atoms with Crippen molar-refractivity contribution in [3.8, 4) is 5.75 Å². The molecule has 126 valence electrons. The van der Waals surface area contributed by atoms with Crippen LogP contribution in [-0.2, 0) is 4.74 Å². The van der Waals surface area contributed by atoms with Gasteiger partial charge in [0, 0.05) is 11.1 Å². The van der Waals surface area contributed by atoms with Crippen LogP contribution >= 0.6 is 0 Å². The number of Topliss-reactive ketones (excluding diaryl/α,β-unsaturated/α-hetero) is 1. The van der Waals surface area contributed by atoms with Crippen molar-refractivity contribution in [2.24, 2.45) is 0 Å². The molecule has 0 unspecified atom stereocenters. The number of ketones is 1. The van der Waals surface area contributed by atoms with E-state index in [4.69, 9.17) is 13.9 Å². The van der Waals surface area contributed by atoms with Gasteiger partial charge >= 0.3 is 5.97 Å². The second-order valence-corrected chi connectivity index (χ2v) is 5.27. The van der Waals surface area contributed by atoms with E-state index < -0.39 is 12.1 Å². The highest BCUT2D eigenvalue weighted by Crippen LogP contribution is 2.25. The van der Waals surface area contributed by atoms with Gasteiger partial charge in [-0.15, -0.1) is 0 Å². The van der Waals surface area contributed by atoms with Crippen molar-refractivity contribution in [3.63, 3.8) is 0 Å². The van der Waals surface area contributed by atoms with Crippen LogP contribution < -0.4 is 4.74 Å². The molecule has 0 fully saturated rings. The fourth-order valence-electron chi connectivity index (χ4n) is 2.37. The predicted molar refractivity (Wildman–Crippen MR) is 90.6 cm³/mol. The molecule has 5 heteroatoms. The summed E-state index contributed by atoms with van der Waals surface area (Å²) in [5, 5.41) is 0. The van der Waals surface area contributed by atoms with Crippen molar-refractivity contribution in [1.29, 1.82) is 0 Å². The molecule has 3 rings (SSSR count). The number of benzene rings is 2. The zero-order valence-corrected chi connectivity index (χ0v) is 13.5. The third-order valence-corrected chi connectivity index (χ3v) is 3.66.